The largest absolute Gasteiger partial charge is 0.496 e. The average molecular weight is 596 g/mol. The summed E-state index contributed by atoms with van der Waals surface area (Å²) in [4.78, 5) is 38.3. The van der Waals surface area contributed by atoms with Gasteiger partial charge in [-0.2, -0.15) is 5.26 Å². The maximum atomic E-state index is 13.6. The van der Waals surface area contributed by atoms with E-state index in [0.717, 1.165) is 12.8 Å². The molecule has 3 N–H and O–H groups in total. The van der Waals surface area contributed by atoms with E-state index in [4.69, 9.17) is 21.1 Å². The number of halogens is 1. The number of nitriles is 1. The maximum Gasteiger partial charge on any atom is 0.309 e. The van der Waals surface area contributed by atoms with Crippen LogP contribution in [0.25, 0.3) is 0 Å². The summed E-state index contributed by atoms with van der Waals surface area (Å²) >= 11 is 6.24. The molecule has 42 heavy (non-hydrogen) atoms. The van der Waals surface area contributed by atoms with Crippen molar-refractivity contribution in [2.75, 3.05) is 19.0 Å². The van der Waals surface area contributed by atoms with Crippen molar-refractivity contribution in [2.24, 2.45) is 11.3 Å². The van der Waals surface area contributed by atoms with Gasteiger partial charge in [-0.25, -0.2) is 0 Å². The summed E-state index contributed by atoms with van der Waals surface area (Å²) in [6.07, 6.45) is 8.57. The minimum atomic E-state index is -0.833. The van der Waals surface area contributed by atoms with Crippen molar-refractivity contribution in [2.45, 2.75) is 77.2 Å². The highest BCUT2D eigenvalue weighted by molar-refractivity contribution is 6.31. The number of aliphatic carboxylic acids is 1. The van der Waals surface area contributed by atoms with Crippen LogP contribution in [-0.2, 0) is 4.79 Å². The molecule has 0 aromatic heterocycles. The first kappa shape index (κ1) is 31.2. The van der Waals surface area contributed by atoms with E-state index in [0.29, 0.717) is 43.2 Å². The summed E-state index contributed by atoms with van der Waals surface area (Å²) in [5, 5.41) is 25.5. The molecule has 0 atom stereocenters. The molecule has 2 aromatic carbocycles. The highest BCUT2D eigenvalue weighted by Crippen LogP contribution is 2.39. The monoisotopic (exact) mass is 595 g/mol. The van der Waals surface area contributed by atoms with E-state index in [2.05, 4.69) is 16.7 Å². The van der Waals surface area contributed by atoms with Crippen LogP contribution in [0.3, 0.4) is 0 Å². The fraction of sp³-hybridized carbons (Fsp3) is 0.500. The third-order valence-electron chi connectivity index (χ3n) is 8.51. The van der Waals surface area contributed by atoms with Crippen molar-refractivity contribution < 1.29 is 29.0 Å². The fourth-order valence-electron chi connectivity index (χ4n) is 5.74. The van der Waals surface area contributed by atoms with Crippen LogP contribution < -0.4 is 20.1 Å². The van der Waals surface area contributed by atoms with Crippen molar-refractivity contribution in [3.8, 4) is 17.6 Å². The Bertz CT molecular complexity index is 1350. The Morgan fingerprint density at radius 1 is 1.00 bits per heavy atom. The van der Waals surface area contributed by atoms with Crippen LogP contribution in [0.4, 0.5) is 5.69 Å². The van der Waals surface area contributed by atoms with Crippen molar-refractivity contribution in [3.63, 3.8) is 0 Å². The number of amides is 2. The van der Waals surface area contributed by atoms with Gasteiger partial charge in [0.25, 0.3) is 11.8 Å². The van der Waals surface area contributed by atoms with Gasteiger partial charge in [-0.3, -0.25) is 14.4 Å². The van der Waals surface area contributed by atoms with Gasteiger partial charge in [-0.1, -0.05) is 37.3 Å². The summed E-state index contributed by atoms with van der Waals surface area (Å²) in [7, 11) is 1.40. The number of carbonyl (C=O) groups excluding carboxylic acids is 2. The van der Waals surface area contributed by atoms with Crippen molar-refractivity contribution in [1.82, 2.24) is 5.32 Å². The molecule has 2 aromatic rings. The average Bonchev–Trinajstić information content (AvgIpc) is 3.26. The number of anilines is 1. The van der Waals surface area contributed by atoms with E-state index in [1.807, 2.05) is 0 Å². The second kappa shape index (κ2) is 13.9. The van der Waals surface area contributed by atoms with Crippen molar-refractivity contribution >= 4 is 35.1 Å². The van der Waals surface area contributed by atoms with E-state index < -0.39 is 17.3 Å². The lowest BCUT2D eigenvalue weighted by Crippen LogP contribution is -2.36. The number of hydrogen-bond acceptors (Lipinski definition) is 6. The molecule has 2 fully saturated rings. The topological polar surface area (TPSA) is 138 Å². The Labute approximate surface area is 251 Å². The number of carboxylic acid groups (broad SMARTS) is 1. The number of nitrogens with zero attached hydrogens (tertiary/aromatic N) is 1. The molecule has 4 rings (SSSR count). The lowest BCUT2D eigenvalue weighted by atomic mass is 9.75. The molecule has 0 aliphatic heterocycles. The van der Waals surface area contributed by atoms with E-state index >= 15 is 0 Å². The molecule has 0 unspecified atom stereocenters. The van der Waals surface area contributed by atoms with Gasteiger partial charge in [-0.15, -0.1) is 0 Å². The lowest BCUT2D eigenvalue weighted by molar-refractivity contribution is -0.150. The number of ether oxygens (including phenoxy) is 2. The second-order valence-electron chi connectivity index (χ2n) is 11.6. The number of carbonyl (C=O) groups is 3. The molecular formula is C32H38ClN3O6. The van der Waals surface area contributed by atoms with Crippen LogP contribution in [0, 0.1) is 22.7 Å². The zero-order chi connectivity index (χ0) is 30.3. The summed E-state index contributed by atoms with van der Waals surface area (Å²) < 4.78 is 11.6. The molecule has 224 valence electrons. The number of carboxylic acids is 1. The Morgan fingerprint density at radius 3 is 2.31 bits per heavy atom. The molecular weight excluding hydrogens is 558 g/mol. The number of nitrogens with one attached hydrogen (secondary N) is 2. The molecule has 0 saturated heterocycles. The van der Waals surface area contributed by atoms with Gasteiger partial charge in [0.05, 0.1) is 41.0 Å². The molecule has 2 aliphatic rings. The Morgan fingerprint density at radius 2 is 1.69 bits per heavy atom. The van der Waals surface area contributed by atoms with Crippen LogP contribution in [-0.4, -0.2) is 42.6 Å². The first-order valence-electron chi connectivity index (χ1n) is 14.5. The minimum absolute atomic E-state index is 0.113. The van der Waals surface area contributed by atoms with Crippen LogP contribution in [0.15, 0.2) is 30.3 Å². The normalized spacial score (nSPS) is 21.0. The zero-order valence-electron chi connectivity index (χ0n) is 24.1. The van der Waals surface area contributed by atoms with Gasteiger partial charge in [0.15, 0.2) is 0 Å². The predicted molar refractivity (Wildman–Crippen MR) is 159 cm³/mol. The van der Waals surface area contributed by atoms with Gasteiger partial charge in [0, 0.05) is 17.6 Å². The Balaban J connectivity index is 1.52. The third-order valence-corrected chi connectivity index (χ3v) is 8.75. The van der Waals surface area contributed by atoms with Gasteiger partial charge in [-0.05, 0) is 75.6 Å². The van der Waals surface area contributed by atoms with E-state index in [-0.39, 0.29) is 45.9 Å². The molecule has 2 aliphatic carbocycles. The molecule has 0 spiro atoms. The second-order valence-corrected chi connectivity index (χ2v) is 12.0. The molecule has 10 heteroatoms. The van der Waals surface area contributed by atoms with Crippen LogP contribution in [0.1, 0.15) is 97.4 Å². The Hall–Kier alpha value is -3.77. The SMILES string of the molecule is COc1cc(C#N)c(OC2CCC(C)(C(=O)O)CC2)cc1C(=O)Nc1cc(Cl)ccc1C(=O)NCC1CCCCCC1. The molecule has 9 nitrogen and oxygen atoms in total. The van der Waals surface area contributed by atoms with E-state index in [9.17, 15) is 24.8 Å². The van der Waals surface area contributed by atoms with E-state index in [1.165, 1.54) is 51.0 Å². The van der Waals surface area contributed by atoms with Crippen molar-refractivity contribution in [3.05, 3.63) is 52.0 Å². The van der Waals surface area contributed by atoms with Gasteiger partial charge in [0.2, 0.25) is 0 Å². The molecule has 0 heterocycles. The van der Waals surface area contributed by atoms with Crippen LogP contribution in [0.5, 0.6) is 11.5 Å². The molecule has 2 saturated carbocycles. The minimum Gasteiger partial charge on any atom is -0.496 e. The molecule has 0 bridgehead atoms. The quantitative estimate of drug-likeness (QED) is 0.278. The predicted octanol–water partition coefficient (Wildman–Crippen LogP) is 6.59. The standard InChI is InChI=1S/C32H38ClN3O6/c1-32(31(39)40)13-11-23(12-14-32)42-27-17-25(28(41-2)15-21(27)18-34)30(38)36-26-16-22(33)9-10-24(26)29(37)35-19-20-7-5-3-4-6-8-20/h9-10,15-17,20,23H,3-8,11-14,19H2,1-2H3,(H,35,37)(H,36,38)(H,39,40). The van der Waals surface area contributed by atoms with Crippen molar-refractivity contribution in [1.29, 1.82) is 5.26 Å². The number of hydrogen-bond donors (Lipinski definition) is 3. The summed E-state index contributed by atoms with van der Waals surface area (Å²) in [5.41, 5.74) is 0.0346. The van der Waals surface area contributed by atoms with Gasteiger partial charge >= 0.3 is 5.97 Å². The van der Waals surface area contributed by atoms with Gasteiger partial charge in [0.1, 0.15) is 17.6 Å². The van der Waals surface area contributed by atoms with Crippen LogP contribution in [0.2, 0.25) is 5.02 Å². The maximum absolute atomic E-state index is 13.6. The highest BCUT2D eigenvalue weighted by atomic mass is 35.5. The smallest absolute Gasteiger partial charge is 0.309 e. The Kier molecular flexibility index (Phi) is 10.3. The summed E-state index contributed by atoms with van der Waals surface area (Å²) in [5.74, 6) is -0.887. The molecule has 2 amide bonds. The summed E-state index contributed by atoms with van der Waals surface area (Å²) in [6.45, 7) is 2.30. The number of rotatable bonds is 9. The van der Waals surface area contributed by atoms with E-state index in [1.54, 1.807) is 19.1 Å². The number of benzene rings is 2. The highest BCUT2D eigenvalue weighted by Gasteiger charge is 2.38. The first-order chi connectivity index (χ1) is 20.1. The zero-order valence-corrected chi connectivity index (χ0v) is 24.9. The fourth-order valence-corrected chi connectivity index (χ4v) is 5.91. The van der Waals surface area contributed by atoms with Gasteiger partial charge < -0.3 is 25.2 Å². The summed E-state index contributed by atoms with van der Waals surface area (Å²) in [6, 6.07) is 9.68. The number of methoxy groups -OCH3 is 1. The molecule has 0 radical (unpaired) electrons. The first-order valence-corrected chi connectivity index (χ1v) is 14.9. The lowest BCUT2D eigenvalue weighted by Gasteiger charge is -2.34. The van der Waals surface area contributed by atoms with Crippen LogP contribution >= 0.6 is 11.6 Å². The third kappa shape index (κ3) is 7.54.